The molecule has 0 aliphatic heterocycles. The van der Waals surface area contributed by atoms with Crippen LogP contribution in [0.25, 0.3) is 0 Å². The third kappa shape index (κ3) is 12.1. The van der Waals surface area contributed by atoms with Crippen molar-refractivity contribution >= 4 is 0 Å². The molecule has 0 atom stereocenters. The lowest BCUT2D eigenvalue weighted by Gasteiger charge is -2.12. The molecule has 2 rings (SSSR count). The normalized spacial score (nSPS) is 11.7. The van der Waals surface area contributed by atoms with Gasteiger partial charge in [0.1, 0.15) is 0 Å². The van der Waals surface area contributed by atoms with E-state index in [-0.39, 0.29) is 0 Å². The second-order valence-electron chi connectivity index (χ2n) is 9.04. The summed E-state index contributed by atoms with van der Waals surface area (Å²) in [5.74, 6) is 0. The van der Waals surface area contributed by atoms with Gasteiger partial charge in [-0.3, -0.25) is 0 Å². The van der Waals surface area contributed by atoms with Gasteiger partial charge in [0.05, 0.1) is 13.2 Å². The van der Waals surface area contributed by atoms with Crippen molar-refractivity contribution in [2.24, 2.45) is 0 Å². The maximum atomic E-state index is 6.19. The summed E-state index contributed by atoms with van der Waals surface area (Å²) in [6.07, 6.45) is 24.1. The first-order valence-corrected chi connectivity index (χ1v) is 13.4. The second-order valence-corrected chi connectivity index (χ2v) is 9.04. The van der Waals surface area contributed by atoms with Crippen molar-refractivity contribution in [3.63, 3.8) is 0 Å². The first-order valence-electron chi connectivity index (χ1n) is 13.4. The predicted octanol–water partition coefficient (Wildman–Crippen LogP) is 9.54. The fourth-order valence-corrected chi connectivity index (χ4v) is 4.13. The lowest BCUT2D eigenvalue weighted by Crippen LogP contribution is -2.01. The van der Waals surface area contributed by atoms with Gasteiger partial charge in [0.15, 0.2) is 0 Å². The molecule has 0 saturated carbocycles. The van der Waals surface area contributed by atoms with E-state index in [1.165, 1.54) is 73.6 Å². The Bertz CT molecular complexity index is 734. The Labute approximate surface area is 204 Å². The molecule has 0 aliphatic rings. The minimum Gasteiger partial charge on any atom is -0.372 e. The zero-order chi connectivity index (χ0) is 23.4. The zero-order valence-electron chi connectivity index (χ0n) is 21.2. The summed E-state index contributed by atoms with van der Waals surface area (Å²) in [7, 11) is 0. The van der Waals surface area contributed by atoms with Crippen LogP contribution in [0.15, 0.2) is 72.8 Å². The van der Waals surface area contributed by atoms with E-state index in [1.54, 1.807) is 0 Å². The van der Waals surface area contributed by atoms with Crippen molar-refractivity contribution in [2.45, 2.75) is 104 Å². The Morgan fingerprint density at radius 3 is 1.33 bits per heavy atom. The Morgan fingerprint density at radius 1 is 0.515 bits per heavy atom. The maximum absolute atomic E-state index is 6.19. The molecule has 0 amide bonds. The lowest BCUT2D eigenvalue weighted by atomic mass is 10.0. The van der Waals surface area contributed by atoms with Crippen LogP contribution in [0.2, 0.25) is 0 Å². The van der Waals surface area contributed by atoms with Crippen molar-refractivity contribution < 1.29 is 4.74 Å². The maximum Gasteiger partial charge on any atom is 0.0724 e. The summed E-state index contributed by atoms with van der Waals surface area (Å²) < 4.78 is 6.19. The van der Waals surface area contributed by atoms with Gasteiger partial charge in [-0.05, 0) is 73.6 Å². The summed E-state index contributed by atoms with van der Waals surface area (Å²) in [6.45, 7) is 5.88. The van der Waals surface area contributed by atoms with E-state index in [1.807, 2.05) is 0 Å². The van der Waals surface area contributed by atoms with E-state index < -0.39 is 0 Å². The van der Waals surface area contributed by atoms with Crippen LogP contribution < -0.4 is 0 Å². The molecule has 180 valence electrons. The smallest absolute Gasteiger partial charge is 0.0724 e. The monoisotopic (exact) mass is 446 g/mol. The molecule has 33 heavy (non-hydrogen) atoms. The number of hydrogen-bond donors (Lipinski definition) is 0. The number of hydrogen-bond acceptors (Lipinski definition) is 1. The van der Waals surface area contributed by atoms with E-state index in [0.717, 1.165) is 25.7 Å². The van der Waals surface area contributed by atoms with Crippen molar-refractivity contribution in [3.8, 4) is 0 Å². The molecule has 0 fully saturated rings. The number of unbranched alkanes of at least 4 members (excludes halogenated alkanes) is 6. The number of rotatable bonds is 18. The molecule has 0 N–H and O–H groups in total. The van der Waals surface area contributed by atoms with Crippen molar-refractivity contribution in [2.75, 3.05) is 0 Å². The molecule has 0 aromatic heterocycles. The summed E-state index contributed by atoms with van der Waals surface area (Å²) >= 11 is 0. The predicted molar refractivity (Wildman–Crippen MR) is 145 cm³/mol. The lowest BCUT2D eigenvalue weighted by molar-refractivity contribution is 0.106. The van der Waals surface area contributed by atoms with Gasteiger partial charge < -0.3 is 4.74 Å². The molecule has 0 spiro atoms. The summed E-state index contributed by atoms with van der Waals surface area (Å²) in [5.41, 5.74) is 5.48. The fourth-order valence-electron chi connectivity index (χ4n) is 4.13. The van der Waals surface area contributed by atoms with Crippen molar-refractivity contribution in [3.05, 3.63) is 95.1 Å². The molecular formula is C32H46O. The van der Waals surface area contributed by atoms with Crippen LogP contribution in [-0.4, -0.2) is 0 Å². The molecule has 2 aromatic carbocycles. The summed E-state index contributed by atoms with van der Waals surface area (Å²) in [4.78, 5) is 0. The van der Waals surface area contributed by atoms with E-state index >= 15 is 0 Å². The van der Waals surface area contributed by atoms with E-state index in [0.29, 0.717) is 13.2 Å². The highest BCUT2D eigenvalue weighted by Gasteiger charge is 2.04. The molecule has 0 heterocycles. The molecule has 0 unspecified atom stereocenters. The SMILES string of the molecule is CCCCCC=CCCc1ccccc1COCc1ccccc1CCC=CCCCCC. The van der Waals surface area contributed by atoms with Gasteiger partial charge in [-0.2, -0.15) is 0 Å². The summed E-state index contributed by atoms with van der Waals surface area (Å²) in [6, 6.07) is 17.5. The number of ether oxygens (including phenoxy) is 1. The van der Waals surface area contributed by atoms with Gasteiger partial charge in [0, 0.05) is 0 Å². The molecule has 1 nitrogen and oxygen atoms in total. The molecule has 1 heteroatoms. The van der Waals surface area contributed by atoms with Gasteiger partial charge in [0.25, 0.3) is 0 Å². The van der Waals surface area contributed by atoms with Crippen LogP contribution in [-0.2, 0) is 30.8 Å². The first kappa shape index (κ1) is 27.1. The van der Waals surface area contributed by atoms with Crippen molar-refractivity contribution in [1.82, 2.24) is 0 Å². The second kappa shape index (κ2) is 18.3. The average Bonchev–Trinajstić information content (AvgIpc) is 2.84. The highest BCUT2D eigenvalue weighted by molar-refractivity contribution is 5.28. The fraction of sp³-hybridized carbons (Fsp3) is 0.500. The number of benzene rings is 2. The molecule has 0 bridgehead atoms. The quantitative estimate of drug-likeness (QED) is 0.164. The minimum absolute atomic E-state index is 0.683. The third-order valence-electron chi connectivity index (χ3n) is 6.19. The van der Waals surface area contributed by atoms with Gasteiger partial charge in [-0.15, -0.1) is 0 Å². The first-order chi connectivity index (χ1) is 16.3. The van der Waals surface area contributed by atoms with E-state index in [9.17, 15) is 0 Å². The minimum atomic E-state index is 0.683. The van der Waals surface area contributed by atoms with Gasteiger partial charge in [-0.1, -0.05) is 112 Å². The van der Waals surface area contributed by atoms with E-state index in [2.05, 4.69) is 86.7 Å². The third-order valence-corrected chi connectivity index (χ3v) is 6.19. The molecule has 0 radical (unpaired) electrons. The van der Waals surface area contributed by atoms with Crippen LogP contribution in [0, 0.1) is 0 Å². The summed E-state index contributed by atoms with van der Waals surface area (Å²) in [5, 5.41) is 0. The van der Waals surface area contributed by atoms with Crippen LogP contribution in [0.3, 0.4) is 0 Å². The molecule has 2 aromatic rings. The highest BCUT2D eigenvalue weighted by Crippen LogP contribution is 2.17. The van der Waals surface area contributed by atoms with Gasteiger partial charge >= 0.3 is 0 Å². The van der Waals surface area contributed by atoms with Crippen LogP contribution in [0.5, 0.6) is 0 Å². The Hall–Kier alpha value is -2.12. The molecular weight excluding hydrogens is 400 g/mol. The Kier molecular flexibility index (Phi) is 15.1. The van der Waals surface area contributed by atoms with Crippen molar-refractivity contribution in [1.29, 1.82) is 0 Å². The largest absolute Gasteiger partial charge is 0.372 e. The van der Waals surface area contributed by atoms with Crippen LogP contribution in [0.4, 0.5) is 0 Å². The van der Waals surface area contributed by atoms with Crippen LogP contribution in [0.1, 0.15) is 100 Å². The Morgan fingerprint density at radius 2 is 0.909 bits per heavy atom. The highest BCUT2D eigenvalue weighted by atomic mass is 16.5. The number of allylic oxidation sites excluding steroid dienone is 4. The van der Waals surface area contributed by atoms with E-state index in [4.69, 9.17) is 4.74 Å². The van der Waals surface area contributed by atoms with Crippen LogP contribution >= 0.6 is 0 Å². The van der Waals surface area contributed by atoms with Gasteiger partial charge in [-0.25, -0.2) is 0 Å². The standard InChI is InChI=1S/C32H46O/c1-3-5-7-9-11-13-15-21-29-23-17-19-25-31(29)27-33-28-32-26-20-18-24-30(32)22-16-14-12-10-8-6-4-2/h11-14,17-20,23-26H,3-10,15-16,21-22,27-28H2,1-2H3. The zero-order valence-corrected chi connectivity index (χ0v) is 21.2. The number of aryl methyl sites for hydroxylation is 2. The molecule has 0 aliphatic carbocycles. The average molecular weight is 447 g/mol. The van der Waals surface area contributed by atoms with Gasteiger partial charge in [0.2, 0.25) is 0 Å². The topological polar surface area (TPSA) is 9.23 Å². The Balaban J connectivity index is 1.77. The molecule has 0 saturated heterocycles.